The van der Waals surface area contributed by atoms with Crippen LogP contribution in [0, 0.1) is 0 Å². The van der Waals surface area contributed by atoms with E-state index in [9.17, 15) is 14.4 Å². The maximum atomic E-state index is 12.8. The van der Waals surface area contributed by atoms with E-state index in [1.54, 1.807) is 0 Å². The number of unbranched alkanes of at least 4 members (excludes halogenated alkanes) is 28. The van der Waals surface area contributed by atoms with Gasteiger partial charge in [-0.2, -0.15) is 0 Å². The number of ether oxygens (including phenoxy) is 3. The van der Waals surface area contributed by atoms with Gasteiger partial charge in [-0.15, -0.1) is 0 Å². The smallest absolute Gasteiger partial charge is 0.306 e. The van der Waals surface area contributed by atoms with Crippen molar-refractivity contribution in [2.45, 2.75) is 309 Å². The van der Waals surface area contributed by atoms with E-state index in [4.69, 9.17) is 14.2 Å². The molecular weight excluding hydrogens is 973 g/mol. The zero-order valence-electron chi connectivity index (χ0n) is 51.6. The van der Waals surface area contributed by atoms with Crippen LogP contribution in [0.25, 0.3) is 0 Å². The van der Waals surface area contributed by atoms with Crippen LogP contribution in [-0.2, 0) is 28.6 Å². The molecule has 0 N–H and O–H groups in total. The molecule has 0 rings (SSSR count). The maximum Gasteiger partial charge on any atom is 0.306 e. The minimum atomic E-state index is -0.798. The van der Waals surface area contributed by atoms with E-state index < -0.39 is 6.10 Å². The summed E-state index contributed by atoms with van der Waals surface area (Å²) in [5.74, 6) is -0.947. The molecule has 0 saturated carbocycles. The fourth-order valence-corrected chi connectivity index (χ4v) is 9.09. The first-order valence-electron chi connectivity index (χ1n) is 33.0. The second-order valence-electron chi connectivity index (χ2n) is 21.6. The third kappa shape index (κ3) is 64.5. The highest BCUT2D eigenvalue weighted by molar-refractivity contribution is 5.71. The summed E-state index contributed by atoms with van der Waals surface area (Å²) in [5, 5.41) is 0. The Morgan fingerprint density at radius 1 is 0.266 bits per heavy atom. The molecule has 6 heteroatoms. The van der Waals surface area contributed by atoms with Crippen LogP contribution in [0.3, 0.4) is 0 Å². The molecule has 0 radical (unpaired) electrons. The second-order valence-corrected chi connectivity index (χ2v) is 21.6. The summed E-state index contributed by atoms with van der Waals surface area (Å²) in [6, 6.07) is 0. The third-order valence-electron chi connectivity index (χ3n) is 14.0. The first-order chi connectivity index (χ1) is 39.0. The van der Waals surface area contributed by atoms with E-state index in [1.165, 1.54) is 128 Å². The molecule has 0 heterocycles. The molecule has 0 aliphatic rings. The lowest BCUT2D eigenvalue weighted by molar-refractivity contribution is -0.167. The van der Waals surface area contributed by atoms with Crippen LogP contribution in [0.1, 0.15) is 303 Å². The maximum absolute atomic E-state index is 12.8. The molecule has 0 aliphatic heterocycles. The third-order valence-corrected chi connectivity index (χ3v) is 14.0. The molecule has 0 saturated heterocycles. The second kappa shape index (κ2) is 66.3. The van der Waals surface area contributed by atoms with Crippen molar-refractivity contribution >= 4 is 17.9 Å². The fraction of sp³-hybridized carbons (Fsp3) is 0.685. The molecule has 1 unspecified atom stereocenters. The van der Waals surface area contributed by atoms with Crippen LogP contribution in [-0.4, -0.2) is 37.2 Å². The van der Waals surface area contributed by atoms with E-state index in [0.717, 1.165) is 128 Å². The number of carbonyl (C=O) groups is 3. The Hall–Kier alpha value is -4.19. The molecule has 6 nitrogen and oxygen atoms in total. The molecule has 0 aromatic rings. The van der Waals surface area contributed by atoms with Crippen molar-refractivity contribution in [2.24, 2.45) is 0 Å². The van der Waals surface area contributed by atoms with Crippen LogP contribution >= 0.6 is 0 Å². The summed E-state index contributed by atoms with van der Waals surface area (Å²) < 4.78 is 16.7. The van der Waals surface area contributed by atoms with Crippen LogP contribution in [0.15, 0.2) is 122 Å². The quantitative estimate of drug-likeness (QED) is 0.0261. The van der Waals surface area contributed by atoms with Crippen molar-refractivity contribution in [1.82, 2.24) is 0 Å². The summed E-state index contributed by atoms with van der Waals surface area (Å²) in [7, 11) is 0. The van der Waals surface area contributed by atoms with Gasteiger partial charge in [-0.25, -0.2) is 0 Å². The van der Waals surface area contributed by atoms with E-state index in [0.29, 0.717) is 19.3 Å². The Morgan fingerprint density at radius 3 is 0.797 bits per heavy atom. The van der Waals surface area contributed by atoms with Crippen LogP contribution in [0.5, 0.6) is 0 Å². The standard InChI is InChI=1S/C73H122O6/c1-4-7-10-13-15-17-19-21-23-25-27-29-30-31-32-33-34-35-36-37-38-39-40-41-42-44-45-47-49-51-53-55-57-60-63-66-72(75)78-69-70(68-77-71(74)65-62-59-12-9-6-3)79-73(76)67-64-61-58-56-54-52-50-48-46-43-28-26-24-22-20-18-16-14-11-8-5-2/h7-8,10-11,15-18,21-24,27-29,43,48,50,54,56,70H,4-6,9,12-14,19-20,25-26,30-42,44-47,49,51-53,55,57-69H2,1-3H3/b10-7-,11-8-,17-15-,18-16-,23-21-,24-22-,29-27-,43-28-,50-48-,56-54-. The van der Waals surface area contributed by atoms with Crippen LogP contribution < -0.4 is 0 Å². The average molecular weight is 1100 g/mol. The van der Waals surface area contributed by atoms with Gasteiger partial charge in [0.05, 0.1) is 0 Å². The van der Waals surface area contributed by atoms with Gasteiger partial charge in [0, 0.05) is 19.3 Å². The number of esters is 3. The minimum Gasteiger partial charge on any atom is -0.462 e. The van der Waals surface area contributed by atoms with Crippen molar-refractivity contribution in [1.29, 1.82) is 0 Å². The van der Waals surface area contributed by atoms with Crippen LogP contribution in [0.2, 0.25) is 0 Å². The van der Waals surface area contributed by atoms with E-state index in [-0.39, 0.29) is 37.5 Å². The van der Waals surface area contributed by atoms with Gasteiger partial charge < -0.3 is 14.2 Å². The van der Waals surface area contributed by atoms with E-state index in [2.05, 4.69) is 142 Å². The summed E-state index contributed by atoms with van der Waals surface area (Å²) in [6.45, 7) is 6.31. The molecule has 0 aliphatic carbocycles. The van der Waals surface area contributed by atoms with Crippen molar-refractivity contribution < 1.29 is 28.6 Å². The Balaban J connectivity index is 3.99. The van der Waals surface area contributed by atoms with Gasteiger partial charge in [0.2, 0.25) is 0 Å². The fourth-order valence-electron chi connectivity index (χ4n) is 9.09. The Bertz CT molecular complexity index is 1640. The Labute approximate surface area is 488 Å². The monoisotopic (exact) mass is 1090 g/mol. The molecule has 0 aromatic heterocycles. The first-order valence-corrected chi connectivity index (χ1v) is 33.0. The van der Waals surface area contributed by atoms with Gasteiger partial charge >= 0.3 is 17.9 Å². The largest absolute Gasteiger partial charge is 0.462 e. The molecule has 0 spiro atoms. The van der Waals surface area contributed by atoms with Crippen molar-refractivity contribution in [3.05, 3.63) is 122 Å². The molecule has 0 fully saturated rings. The summed E-state index contributed by atoms with van der Waals surface area (Å²) in [5.41, 5.74) is 0. The Morgan fingerprint density at radius 2 is 0.494 bits per heavy atom. The number of carbonyl (C=O) groups excluding carboxylic acids is 3. The normalized spacial score (nSPS) is 12.9. The molecule has 0 bridgehead atoms. The highest BCUT2D eigenvalue weighted by atomic mass is 16.6. The Kier molecular flexibility index (Phi) is 62.8. The minimum absolute atomic E-state index is 0.0945. The van der Waals surface area contributed by atoms with E-state index >= 15 is 0 Å². The van der Waals surface area contributed by atoms with Gasteiger partial charge in [-0.1, -0.05) is 296 Å². The molecule has 0 aromatic carbocycles. The zero-order valence-corrected chi connectivity index (χ0v) is 51.6. The zero-order chi connectivity index (χ0) is 57.1. The van der Waals surface area contributed by atoms with Gasteiger partial charge in [-0.05, 0) is 109 Å². The summed E-state index contributed by atoms with van der Waals surface area (Å²) >= 11 is 0. The molecule has 79 heavy (non-hydrogen) atoms. The van der Waals surface area contributed by atoms with Crippen molar-refractivity contribution in [2.75, 3.05) is 13.2 Å². The van der Waals surface area contributed by atoms with Gasteiger partial charge in [0.15, 0.2) is 6.10 Å². The number of hydrogen-bond acceptors (Lipinski definition) is 6. The molecule has 0 amide bonds. The van der Waals surface area contributed by atoms with E-state index in [1.807, 2.05) is 0 Å². The highest BCUT2D eigenvalue weighted by Gasteiger charge is 2.19. The molecular formula is C73H122O6. The lowest BCUT2D eigenvalue weighted by Crippen LogP contribution is -2.30. The number of allylic oxidation sites excluding steroid dienone is 20. The summed E-state index contributed by atoms with van der Waals surface area (Å²) in [4.78, 5) is 37.9. The number of rotatable bonds is 59. The predicted molar refractivity (Wildman–Crippen MR) is 343 cm³/mol. The van der Waals surface area contributed by atoms with Gasteiger partial charge in [0.1, 0.15) is 13.2 Å². The lowest BCUT2D eigenvalue weighted by atomic mass is 10.0. The lowest BCUT2D eigenvalue weighted by Gasteiger charge is -2.18. The van der Waals surface area contributed by atoms with Crippen molar-refractivity contribution in [3.63, 3.8) is 0 Å². The predicted octanol–water partition coefficient (Wildman–Crippen LogP) is 22.8. The SMILES string of the molecule is CC/C=C\C/C=C\C/C=C\C/C=C\C/C=C\C/C=C\CCCCC(=O)OC(COC(=O)CCCCCCC)COC(=O)CCCCCCCCCCCCCCCCCCCCCCCC/C=C\C/C=C\C/C=C\C/C=C\CC. The molecule has 1 atom stereocenters. The summed E-state index contributed by atoms with van der Waals surface area (Å²) in [6.07, 6.45) is 92.8. The first kappa shape index (κ1) is 74.8. The van der Waals surface area contributed by atoms with Crippen LogP contribution in [0.4, 0.5) is 0 Å². The van der Waals surface area contributed by atoms with Gasteiger partial charge in [0.25, 0.3) is 0 Å². The number of hydrogen-bond donors (Lipinski definition) is 0. The van der Waals surface area contributed by atoms with Crippen molar-refractivity contribution in [3.8, 4) is 0 Å². The average Bonchev–Trinajstić information content (AvgIpc) is 3.45. The molecule has 450 valence electrons. The topological polar surface area (TPSA) is 78.9 Å². The van der Waals surface area contributed by atoms with Gasteiger partial charge in [-0.3, -0.25) is 14.4 Å². The highest BCUT2D eigenvalue weighted by Crippen LogP contribution is 2.17.